The predicted molar refractivity (Wildman–Crippen MR) is 161 cm³/mol. The second kappa shape index (κ2) is 11.5. The van der Waals surface area contributed by atoms with Gasteiger partial charge in [-0.1, -0.05) is 42.5 Å². The molecule has 0 saturated heterocycles. The van der Waals surface area contributed by atoms with Gasteiger partial charge in [-0.05, 0) is 67.5 Å². The zero-order valence-corrected chi connectivity index (χ0v) is 23.1. The molecule has 42 heavy (non-hydrogen) atoms. The summed E-state index contributed by atoms with van der Waals surface area (Å²) in [5.74, 6) is 2.21. The fraction of sp³-hybridized carbons (Fsp3) is 0.235. The van der Waals surface area contributed by atoms with Crippen molar-refractivity contribution in [3.05, 3.63) is 101 Å². The molecule has 7 nitrogen and oxygen atoms in total. The van der Waals surface area contributed by atoms with Crippen LogP contribution in [0.5, 0.6) is 0 Å². The van der Waals surface area contributed by atoms with Gasteiger partial charge >= 0.3 is 5.69 Å². The van der Waals surface area contributed by atoms with Gasteiger partial charge in [0.25, 0.3) is 0 Å². The standard InChI is InChI=1S/C34H30FN5O2/c1-2-3-5-11-26(35)16-17-30(41)37-34(19-8-20-34)25-14-12-24(13-15-25)31-27(23-9-6-4-7-10-23)22-28-29(36-31)18-21-40-32(28)38-39-33(40)42/h1,4,6-7,9-10,12-18,21-22,26H,3,5,8,11,19-20H2,(H,37,41)(H,39,42)/p+1/b17-16+. The first-order valence-corrected chi connectivity index (χ1v) is 14.2. The first kappa shape index (κ1) is 27.2. The number of amides is 1. The van der Waals surface area contributed by atoms with Gasteiger partial charge in [0.2, 0.25) is 17.1 Å². The van der Waals surface area contributed by atoms with E-state index in [1.54, 1.807) is 6.20 Å². The van der Waals surface area contributed by atoms with Crippen molar-refractivity contribution in [3.63, 3.8) is 0 Å². The molecule has 6 rings (SSSR count). The number of aromatic amines is 2. The number of nitrogens with one attached hydrogen (secondary N) is 3. The summed E-state index contributed by atoms with van der Waals surface area (Å²) in [5.41, 5.74) is 5.56. The highest BCUT2D eigenvalue weighted by atomic mass is 19.1. The molecule has 0 spiro atoms. The van der Waals surface area contributed by atoms with Gasteiger partial charge in [-0.25, -0.2) is 23.7 Å². The Morgan fingerprint density at radius 1 is 1.17 bits per heavy atom. The van der Waals surface area contributed by atoms with Crippen LogP contribution in [0.25, 0.3) is 38.9 Å². The molecule has 0 radical (unpaired) electrons. The van der Waals surface area contributed by atoms with E-state index in [2.05, 4.69) is 56.8 Å². The zero-order chi connectivity index (χ0) is 29.1. The SMILES string of the molecule is C#CCCCC(F)/C=C/C(=O)NC1(c2ccc(-c3[nH+]c4ccn5c(=O)[nH]nc5c4cc3-c3ccccc3)cc2)CCC1. The van der Waals surface area contributed by atoms with Crippen molar-refractivity contribution in [1.29, 1.82) is 0 Å². The first-order chi connectivity index (χ1) is 20.5. The third-order valence-electron chi connectivity index (χ3n) is 8.08. The lowest BCUT2D eigenvalue weighted by molar-refractivity contribution is -0.330. The van der Waals surface area contributed by atoms with Crippen LogP contribution in [0.15, 0.2) is 89.9 Å². The molecule has 5 aromatic rings. The minimum Gasteiger partial charge on any atom is -0.343 e. The number of carbonyl (C=O) groups is 1. The molecule has 1 aliphatic rings. The topological polar surface area (TPSA) is 93.4 Å². The van der Waals surface area contributed by atoms with Crippen molar-refractivity contribution in [2.45, 2.75) is 50.2 Å². The maximum absolute atomic E-state index is 14.1. The Hall–Kier alpha value is -5.03. The van der Waals surface area contributed by atoms with Crippen LogP contribution in [0, 0.1) is 12.3 Å². The largest absolute Gasteiger partial charge is 0.347 e. The zero-order valence-electron chi connectivity index (χ0n) is 23.1. The Balaban J connectivity index is 1.31. The van der Waals surface area contributed by atoms with Crippen LogP contribution in [0.1, 0.15) is 44.1 Å². The van der Waals surface area contributed by atoms with Gasteiger partial charge in [-0.15, -0.1) is 12.3 Å². The van der Waals surface area contributed by atoms with E-state index < -0.39 is 11.7 Å². The van der Waals surface area contributed by atoms with Crippen molar-refractivity contribution >= 4 is 22.5 Å². The molecule has 1 amide bonds. The minimum atomic E-state index is -1.19. The van der Waals surface area contributed by atoms with Gasteiger partial charge in [-0.2, -0.15) is 5.10 Å². The van der Waals surface area contributed by atoms with E-state index in [1.165, 1.54) is 16.6 Å². The van der Waals surface area contributed by atoms with E-state index >= 15 is 0 Å². The second-order valence-corrected chi connectivity index (χ2v) is 10.8. The number of rotatable bonds is 9. The summed E-state index contributed by atoms with van der Waals surface area (Å²) in [6.45, 7) is 0. The smallest absolute Gasteiger partial charge is 0.343 e. The molecule has 8 heteroatoms. The molecule has 3 aromatic heterocycles. The third kappa shape index (κ3) is 5.21. The number of unbranched alkanes of at least 4 members (excludes halogenated alkanes) is 1. The van der Waals surface area contributed by atoms with Crippen molar-refractivity contribution in [1.82, 2.24) is 19.9 Å². The number of fused-ring (bicyclic) bond motifs is 3. The van der Waals surface area contributed by atoms with E-state index in [-0.39, 0.29) is 11.6 Å². The molecule has 0 aliphatic heterocycles. The summed E-state index contributed by atoms with van der Waals surface area (Å²) < 4.78 is 15.6. The number of nitrogens with zero attached hydrogens (tertiary/aromatic N) is 2. The summed E-state index contributed by atoms with van der Waals surface area (Å²) in [6.07, 6.45) is 12.4. The predicted octanol–water partition coefficient (Wildman–Crippen LogP) is 5.52. The molecule has 3 N–H and O–H groups in total. The van der Waals surface area contributed by atoms with Crippen molar-refractivity contribution in [3.8, 4) is 34.7 Å². The van der Waals surface area contributed by atoms with Crippen LogP contribution in [0.4, 0.5) is 4.39 Å². The number of aromatic nitrogens is 4. The van der Waals surface area contributed by atoms with Crippen molar-refractivity contribution < 1.29 is 14.2 Å². The summed E-state index contributed by atoms with van der Waals surface area (Å²) in [4.78, 5) is 28.5. The quantitative estimate of drug-likeness (QED) is 0.141. The van der Waals surface area contributed by atoms with Crippen LogP contribution >= 0.6 is 0 Å². The summed E-state index contributed by atoms with van der Waals surface area (Å²) in [5, 5.41) is 10.7. The Kier molecular flexibility index (Phi) is 7.41. The number of allylic oxidation sites excluding steroid dienone is 1. The van der Waals surface area contributed by atoms with Crippen molar-refractivity contribution in [2.24, 2.45) is 0 Å². The maximum atomic E-state index is 14.1. The maximum Gasteiger partial charge on any atom is 0.347 e. The van der Waals surface area contributed by atoms with Gasteiger partial charge in [-0.3, -0.25) is 4.79 Å². The average Bonchev–Trinajstić information content (AvgIpc) is 3.39. The number of alkyl halides is 1. The van der Waals surface area contributed by atoms with Crippen LogP contribution in [-0.4, -0.2) is 26.7 Å². The number of carbonyl (C=O) groups excluding carboxylic acids is 1. The van der Waals surface area contributed by atoms with E-state index in [0.29, 0.717) is 24.9 Å². The summed E-state index contributed by atoms with van der Waals surface area (Å²) in [6, 6.07) is 22.2. The van der Waals surface area contributed by atoms with E-state index in [4.69, 9.17) is 6.42 Å². The van der Waals surface area contributed by atoms with E-state index in [9.17, 15) is 14.0 Å². The van der Waals surface area contributed by atoms with E-state index in [0.717, 1.165) is 58.1 Å². The molecule has 1 fully saturated rings. The summed E-state index contributed by atoms with van der Waals surface area (Å²) >= 11 is 0. The molecule has 1 aliphatic carbocycles. The highest BCUT2D eigenvalue weighted by Gasteiger charge is 2.39. The average molecular weight is 561 g/mol. The normalized spacial score (nSPS) is 15.0. The number of hydrogen-bond acceptors (Lipinski definition) is 3. The molecular weight excluding hydrogens is 529 g/mol. The fourth-order valence-corrected chi connectivity index (χ4v) is 5.67. The molecular formula is C34H31FN5O2+. The third-order valence-corrected chi connectivity index (χ3v) is 8.08. The molecule has 210 valence electrons. The number of H-pyrrole nitrogens is 2. The summed E-state index contributed by atoms with van der Waals surface area (Å²) in [7, 11) is 0. The molecule has 1 atom stereocenters. The number of terminal acetylenes is 1. The Morgan fingerprint density at radius 3 is 2.67 bits per heavy atom. The van der Waals surface area contributed by atoms with Crippen LogP contribution in [-0.2, 0) is 10.3 Å². The molecule has 1 saturated carbocycles. The molecule has 1 unspecified atom stereocenters. The van der Waals surface area contributed by atoms with E-state index in [1.807, 2.05) is 36.4 Å². The second-order valence-electron chi connectivity index (χ2n) is 10.8. The van der Waals surface area contributed by atoms with Gasteiger partial charge in [0, 0.05) is 30.3 Å². The molecule has 0 bridgehead atoms. The van der Waals surface area contributed by atoms with Crippen LogP contribution in [0.3, 0.4) is 0 Å². The Morgan fingerprint density at radius 2 is 1.95 bits per heavy atom. The highest BCUT2D eigenvalue weighted by Crippen LogP contribution is 2.42. The van der Waals surface area contributed by atoms with Crippen LogP contribution < -0.4 is 16.0 Å². The minimum absolute atomic E-state index is 0.287. The number of halogens is 1. The first-order valence-electron chi connectivity index (χ1n) is 14.2. The lowest BCUT2D eigenvalue weighted by Gasteiger charge is -2.43. The van der Waals surface area contributed by atoms with Gasteiger partial charge in [0.15, 0.2) is 5.65 Å². The molecule has 3 heterocycles. The Bertz CT molecular complexity index is 1880. The number of benzene rings is 2. The Labute approximate surface area is 242 Å². The van der Waals surface area contributed by atoms with Crippen LogP contribution in [0.2, 0.25) is 0 Å². The fourth-order valence-electron chi connectivity index (χ4n) is 5.67. The highest BCUT2D eigenvalue weighted by molar-refractivity contribution is 5.95. The molecule has 2 aromatic carbocycles. The number of hydrogen-bond donors (Lipinski definition) is 2. The monoisotopic (exact) mass is 560 g/mol. The number of pyridine rings is 2. The van der Waals surface area contributed by atoms with Gasteiger partial charge < -0.3 is 5.32 Å². The lowest BCUT2D eigenvalue weighted by Crippen LogP contribution is -2.50. The van der Waals surface area contributed by atoms with Gasteiger partial charge in [0.1, 0.15) is 6.17 Å². The van der Waals surface area contributed by atoms with Crippen molar-refractivity contribution in [2.75, 3.05) is 0 Å². The lowest BCUT2D eigenvalue weighted by atomic mass is 9.71. The van der Waals surface area contributed by atoms with Gasteiger partial charge in [0.05, 0.1) is 16.5 Å².